The quantitative estimate of drug-likeness (QED) is 0.566. The Labute approximate surface area is 78.8 Å². The minimum atomic E-state index is 0.986. The number of rotatable bonds is 2. The lowest BCUT2D eigenvalue weighted by atomic mass is 9.80. The van der Waals surface area contributed by atoms with E-state index < -0.39 is 0 Å². The standard InChI is InChI=1S/C10H20.C2H6/c1-3-9(2)10-7-5-4-6-8-10;1-2/h9-10H,3-8H2,1-2H3;1-2H3/t9-;/m1./s1. The molecule has 0 aliphatic heterocycles. The largest absolute Gasteiger partial charge is 0.0683 e. The molecule has 74 valence electrons. The Balaban J connectivity index is 0.000000561. The lowest BCUT2D eigenvalue weighted by molar-refractivity contribution is 0.258. The smallest absolute Gasteiger partial charge is 0.0389 e. The van der Waals surface area contributed by atoms with Crippen LogP contribution in [0, 0.1) is 11.8 Å². The summed E-state index contributed by atoms with van der Waals surface area (Å²) < 4.78 is 0. The van der Waals surface area contributed by atoms with E-state index in [0.29, 0.717) is 0 Å². The molecule has 0 heteroatoms. The second kappa shape index (κ2) is 7.64. The van der Waals surface area contributed by atoms with E-state index in [0.717, 1.165) is 11.8 Å². The van der Waals surface area contributed by atoms with Crippen LogP contribution in [0.15, 0.2) is 0 Å². The molecule has 1 saturated carbocycles. The van der Waals surface area contributed by atoms with E-state index in [-0.39, 0.29) is 0 Å². The molecule has 0 nitrogen and oxygen atoms in total. The van der Waals surface area contributed by atoms with Crippen molar-refractivity contribution in [2.45, 2.75) is 66.2 Å². The van der Waals surface area contributed by atoms with E-state index in [1.165, 1.54) is 38.5 Å². The molecule has 0 aromatic heterocycles. The van der Waals surface area contributed by atoms with Gasteiger partial charge in [-0.3, -0.25) is 0 Å². The summed E-state index contributed by atoms with van der Waals surface area (Å²) in [5.74, 6) is 2.05. The Kier molecular flexibility index (Phi) is 7.64. The maximum absolute atomic E-state index is 2.41. The molecule has 0 heterocycles. The van der Waals surface area contributed by atoms with Crippen LogP contribution < -0.4 is 0 Å². The lowest BCUT2D eigenvalue weighted by Crippen LogP contribution is -2.14. The van der Waals surface area contributed by atoms with E-state index in [2.05, 4.69) is 13.8 Å². The zero-order valence-electron chi connectivity index (χ0n) is 9.40. The Hall–Kier alpha value is 0. The highest BCUT2D eigenvalue weighted by Crippen LogP contribution is 2.30. The normalized spacial score (nSPS) is 21.0. The van der Waals surface area contributed by atoms with Crippen LogP contribution in [0.3, 0.4) is 0 Å². The summed E-state index contributed by atoms with van der Waals surface area (Å²) in [5.41, 5.74) is 0. The van der Waals surface area contributed by atoms with E-state index in [1.54, 1.807) is 0 Å². The molecule has 0 N–H and O–H groups in total. The van der Waals surface area contributed by atoms with Crippen LogP contribution in [0.25, 0.3) is 0 Å². The molecule has 0 aromatic rings. The average molecular weight is 170 g/mol. The molecule has 12 heavy (non-hydrogen) atoms. The third-order valence-corrected chi connectivity index (χ3v) is 3.10. The van der Waals surface area contributed by atoms with Crippen LogP contribution in [0.2, 0.25) is 0 Å². The summed E-state index contributed by atoms with van der Waals surface area (Å²) in [5, 5.41) is 0. The van der Waals surface area contributed by atoms with Crippen molar-refractivity contribution in [2.75, 3.05) is 0 Å². The van der Waals surface area contributed by atoms with Crippen molar-refractivity contribution in [1.29, 1.82) is 0 Å². The first-order valence-corrected chi connectivity index (χ1v) is 5.84. The second-order valence-corrected chi connectivity index (χ2v) is 3.78. The van der Waals surface area contributed by atoms with Gasteiger partial charge in [-0.05, 0) is 11.8 Å². The predicted molar refractivity (Wildman–Crippen MR) is 57.4 cm³/mol. The molecular formula is C12H26. The predicted octanol–water partition coefficient (Wildman–Crippen LogP) is 4.64. The molecule has 1 atom stereocenters. The number of hydrogen-bond acceptors (Lipinski definition) is 0. The van der Waals surface area contributed by atoms with Gasteiger partial charge in [-0.25, -0.2) is 0 Å². The summed E-state index contributed by atoms with van der Waals surface area (Å²) in [6.45, 7) is 8.73. The first-order chi connectivity index (χ1) is 5.84. The molecule has 1 fully saturated rings. The van der Waals surface area contributed by atoms with Crippen molar-refractivity contribution < 1.29 is 0 Å². The fraction of sp³-hybridized carbons (Fsp3) is 1.00. The zero-order valence-corrected chi connectivity index (χ0v) is 9.40. The molecule has 0 amide bonds. The summed E-state index contributed by atoms with van der Waals surface area (Å²) in [7, 11) is 0. The van der Waals surface area contributed by atoms with Crippen LogP contribution in [-0.4, -0.2) is 0 Å². The van der Waals surface area contributed by atoms with E-state index in [4.69, 9.17) is 0 Å². The third-order valence-electron chi connectivity index (χ3n) is 3.10. The van der Waals surface area contributed by atoms with Crippen LogP contribution in [-0.2, 0) is 0 Å². The third kappa shape index (κ3) is 4.13. The summed E-state index contributed by atoms with van der Waals surface area (Å²) >= 11 is 0. The van der Waals surface area contributed by atoms with Crippen molar-refractivity contribution in [2.24, 2.45) is 11.8 Å². The molecule has 0 aromatic carbocycles. The zero-order chi connectivity index (χ0) is 9.40. The van der Waals surface area contributed by atoms with Gasteiger partial charge in [0.15, 0.2) is 0 Å². The summed E-state index contributed by atoms with van der Waals surface area (Å²) in [6.07, 6.45) is 8.88. The maximum atomic E-state index is 2.41. The van der Waals surface area contributed by atoms with Crippen LogP contribution in [0.1, 0.15) is 66.2 Å². The molecule has 1 rings (SSSR count). The molecule has 1 aliphatic rings. The van der Waals surface area contributed by atoms with Gasteiger partial charge in [0.25, 0.3) is 0 Å². The van der Waals surface area contributed by atoms with Gasteiger partial charge >= 0.3 is 0 Å². The summed E-state index contributed by atoms with van der Waals surface area (Å²) in [4.78, 5) is 0. The summed E-state index contributed by atoms with van der Waals surface area (Å²) in [6, 6.07) is 0. The Bertz CT molecular complexity index is 80.0. The molecule has 1 aliphatic carbocycles. The van der Waals surface area contributed by atoms with E-state index in [1.807, 2.05) is 13.8 Å². The average Bonchev–Trinajstić information content (AvgIpc) is 2.21. The fourth-order valence-electron chi connectivity index (χ4n) is 2.04. The molecular weight excluding hydrogens is 144 g/mol. The first-order valence-electron chi connectivity index (χ1n) is 5.84. The highest BCUT2D eigenvalue weighted by atomic mass is 14.2. The van der Waals surface area contributed by atoms with Gasteiger partial charge in [0, 0.05) is 0 Å². The minimum Gasteiger partial charge on any atom is -0.0683 e. The van der Waals surface area contributed by atoms with Crippen molar-refractivity contribution in [3.05, 3.63) is 0 Å². The van der Waals surface area contributed by atoms with Crippen molar-refractivity contribution in [3.63, 3.8) is 0 Å². The highest BCUT2D eigenvalue weighted by molar-refractivity contribution is 4.69. The Morgan fingerprint density at radius 1 is 1.08 bits per heavy atom. The second-order valence-electron chi connectivity index (χ2n) is 3.78. The minimum absolute atomic E-state index is 0.986. The van der Waals surface area contributed by atoms with Gasteiger partial charge in [-0.15, -0.1) is 0 Å². The van der Waals surface area contributed by atoms with Gasteiger partial charge in [-0.1, -0.05) is 66.2 Å². The Morgan fingerprint density at radius 3 is 2.00 bits per heavy atom. The van der Waals surface area contributed by atoms with Crippen molar-refractivity contribution in [3.8, 4) is 0 Å². The SMILES string of the molecule is CC.CC[C@@H](C)C1CCCCC1. The van der Waals surface area contributed by atoms with Crippen LogP contribution >= 0.6 is 0 Å². The molecule has 0 saturated heterocycles. The lowest BCUT2D eigenvalue weighted by Gasteiger charge is -2.26. The van der Waals surface area contributed by atoms with Gasteiger partial charge in [0.05, 0.1) is 0 Å². The first kappa shape index (κ1) is 12.0. The number of hydrogen-bond donors (Lipinski definition) is 0. The van der Waals surface area contributed by atoms with Gasteiger partial charge in [0.1, 0.15) is 0 Å². The monoisotopic (exact) mass is 170 g/mol. The van der Waals surface area contributed by atoms with E-state index >= 15 is 0 Å². The van der Waals surface area contributed by atoms with Gasteiger partial charge in [0.2, 0.25) is 0 Å². The molecule has 0 unspecified atom stereocenters. The molecule has 0 bridgehead atoms. The van der Waals surface area contributed by atoms with Gasteiger partial charge in [-0.2, -0.15) is 0 Å². The maximum Gasteiger partial charge on any atom is -0.0389 e. The van der Waals surface area contributed by atoms with E-state index in [9.17, 15) is 0 Å². The van der Waals surface area contributed by atoms with Crippen molar-refractivity contribution >= 4 is 0 Å². The topological polar surface area (TPSA) is 0 Å². The Morgan fingerprint density at radius 2 is 1.58 bits per heavy atom. The fourth-order valence-corrected chi connectivity index (χ4v) is 2.04. The molecule has 0 radical (unpaired) electrons. The van der Waals surface area contributed by atoms with Gasteiger partial charge < -0.3 is 0 Å². The van der Waals surface area contributed by atoms with Crippen LogP contribution in [0.4, 0.5) is 0 Å². The molecule has 0 spiro atoms. The highest BCUT2D eigenvalue weighted by Gasteiger charge is 2.17. The van der Waals surface area contributed by atoms with Crippen molar-refractivity contribution in [1.82, 2.24) is 0 Å². The van der Waals surface area contributed by atoms with Crippen LogP contribution in [0.5, 0.6) is 0 Å².